The molecular formula is C10H11NO2. The number of hydrogen-bond acceptors (Lipinski definition) is 2. The van der Waals surface area contributed by atoms with Gasteiger partial charge in [-0.1, -0.05) is 13.0 Å². The van der Waals surface area contributed by atoms with Gasteiger partial charge in [0, 0.05) is 11.8 Å². The van der Waals surface area contributed by atoms with E-state index < -0.39 is 0 Å². The van der Waals surface area contributed by atoms with Crippen molar-refractivity contribution in [2.75, 3.05) is 5.32 Å². The highest BCUT2D eigenvalue weighted by Gasteiger charge is 2.28. The molecule has 2 rings (SSSR count). The van der Waals surface area contributed by atoms with Gasteiger partial charge in [0.25, 0.3) is 0 Å². The molecule has 1 aromatic carbocycles. The highest BCUT2D eigenvalue weighted by Crippen LogP contribution is 2.36. The van der Waals surface area contributed by atoms with E-state index in [9.17, 15) is 9.90 Å². The molecule has 0 aromatic heterocycles. The summed E-state index contributed by atoms with van der Waals surface area (Å²) in [5.41, 5.74) is 1.74. The minimum absolute atomic E-state index is 0.0306. The summed E-state index contributed by atoms with van der Waals surface area (Å²) < 4.78 is 0. The Morgan fingerprint density at radius 3 is 3.00 bits per heavy atom. The Kier molecular flexibility index (Phi) is 1.72. The number of carbonyl (C=O) groups excluding carboxylic acids is 1. The van der Waals surface area contributed by atoms with Crippen LogP contribution >= 0.6 is 0 Å². The van der Waals surface area contributed by atoms with Crippen LogP contribution in [0, 0.1) is 0 Å². The van der Waals surface area contributed by atoms with Crippen LogP contribution in [0.15, 0.2) is 18.2 Å². The Hall–Kier alpha value is -1.51. The number of fused-ring (bicyclic) bond motifs is 1. The molecule has 3 nitrogen and oxygen atoms in total. The summed E-state index contributed by atoms with van der Waals surface area (Å²) in [6, 6.07) is 5.00. The van der Waals surface area contributed by atoms with Gasteiger partial charge in [-0.15, -0.1) is 0 Å². The summed E-state index contributed by atoms with van der Waals surface area (Å²) in [6.45, 7) is 1.98. The summed E-state index contributed by atoms with van der Waals surface area (Å²) in [7, 11) is 0. The van der Waals surface area contributed by atoms with Crippen LogP contribution in [0.4, 0.5) is 5.69 Å². The fraction of sp³-hybridized carbons (Fsp3) is 0.300. The molecular weight excluding hydrogens is 166 g/mol. The van der Waals surface area contributed by atoms with Crippen LogP contribution in [-0.4, -0.2) is 11.0 Å². The molecule has 1 atom stereocenters. The van der Waals surface area contributed by atoms with E-state index in [0.29, 0.717) is 0 Å². The summed E-state index contributed by atoms with van der Waals surface area (Å²) in [4.78, 5) is 11.4. The Morgan fingerprint density at radius 1 is 1.54 bits per heavy atom. The lowest BCUT2D eigenvalue weighted by molar-refractivity contribution is -0.117. The van der Waals surface area contributed by atoms with Crippen molar-refractivity contribution in [2.45, 2.75) is 19.3 Å². The zero-order chi connectivity index (χ0) is 9.42. The highest BCUT2D eigenvalue weighted by molar-refractivity contribution is 6.03. The quantitative estimate of drug-likeness (QED) is 0.687. The third-order valence-corrected chi connectivity index (χ3v) is 2.39. The minimum Gasteiger partial charge on any atom is -0.508 e. The van der Waals surface area contributed by atoms with E-state index in [2.05, 4.69) is 5.32 Å². The van der Waals surface area contributed by atoms with Crippen molar-refractivity contribution in [1.29, 1.82) is 0 Å². The van der Waals surface area contributed by atoms with Crippen LogP contribution in [0.1, 0.15) is 24.8 Å². The van der Waals surface area contributed by atoms with Gasteiger partial charge in [0.15, 0.2) is 0 Å². The van der Waals surface area contributed by atoms with Crippen LogP contribution < -0.4 is 5.32 Å². The zero-order valence-corrected chi connectivity index (χ0v) is 7.37. The molecule has 1 aromatic rings. The molecule has 0 fully saturated rings. The molecule has 1 aliphatic heterocycles. The Labute approximate surface area is 76.4 Å². The van der Waals surface area contributed by atoms with E-state index in [1.54, 1.807) is 18.2 Å². The van der Waals surface area contributed by atoms with E-state index in [0.717, 1.165) is 17.7 Å². The van der Waals surface area contributed by atoms with Crippen molar-refractivity contribution < 1.29 is 9.90 Å². The van der Waals surface area contributed by atoms with Crippen LogP contribution in [0.3, 0.4) is 0 Å². The summed E-state index contributed by atoms with van der Waals surface area (Å²) in [6.07, 6.45) is 0.795. The maximum Gasteiger partial charge on any atom is 0.231 e. The Balaban J connectivity index is 2.48. The Morgan fingerprint density at radius 2 is 2.31 bits per heavy atom. The van der Waals surface area contributed by atoms with Gasteiger partial charge < -0.3 is 10.4 Å². The van der Waals surface area contributed by atoms with Crippen molar-refractivity contribution in [1.82, 2.24) is 0 Å². The van der Waals surface area contributed by atoms with E-state index in [-0.39, 0.29) is 17.6 Å². The van der Waals surface area contributed by atoms with Crippen molar-refractivity contribution >= 4 is 11.6 Å². The highest BCUT2D eigenvalue weighted by atomic mass is 16.3. The van der Waals surface area contributed by atoms with Gasteiger partial charge in [0.1, 0.15) is 5.75 Å². The van der Waals surface area contributed by atoms with Crippen LogP contribution in [0.5, 0.6) is 5.75 Å². The van der Waals surface area contributed by atoms with Gasteiger partial charge in [0.05, 0.1) is 5.92 Å². The predicted molar refractivity (Wildman–Crippen MR) is 49.8 cm³/mol. The van der Waals surface area contributed by atoms with Gasteiger partial charge in [-0.25, -0.2) is 0 Å². The standard InChI is InChI=1S/C10H11NO2/c1-2-7-8-4-3-6(12)5-9(8)11-10(7)13/h3-5,7,12H,2H2,1H3,(H,11,13)/t7-/m1/s1. The first-order valence-electron chi connectivity index (χ1n) is 4.36. The number of amides is 1. The van der Waals surface area contributed by atoms with Crippen molar-refractivity contribution in [3.63, 3.8) is 0 Å². The van der Waals surface area contributed by atoms with Crippen molar-refractivity contribution in [3.8, 4) is 5.75 Å². The largest absolute Gasteiger partial charge is 0.508 e. The van der Waals surface area contributed by atoms with Gasteiger partial charge in [-0.3, -0.25) is 4.79 Å². The van der Waals surface area contributed by atoms with Gasteiger partial charge >= 0.3 is 0 Å². The van der Waals surface area contributed by atoms with E-state index in [1.807, 2.05) is 6.92 Å². The van der Waals surface area contributed by atoms with Gasteiger partial charge in [-0.05, 0) is 18.1 Å². The second-order valence-corrected chi connectivity index (χ2v) is 3.22. The van der Waals surface area contributed by atoms with Gasteiger partial charge in [-0.2, -0.15) is 0 Å². The SMILES string of the molecule is CC[C@H]1C(=O)Nc2cc(O)ccc21. The topological polar surface area (TPSA) is 49.3 Å². The fourth-order valence-electron chi connectivity index (χ4n) is 1.72. The number of benzene rings is 1. The van der Waals surface area contributed by atoms with Crippen molar-refractivity contribution in [3.05, 3.63) is 23.8 Å². The lowest BCUT2D eigenvalue weighted by atomic mass is 9.98. The molecule has 13 heavy (non-hydrogen) atoms. The van der Waals surface area contributed by atoms with Crippen LogP contribution in [0.2, 0.25) is 0 Å². The van der Waals surface area contributed by atoms with E-state index in [4.69, 9.17) is 0 Å². The molecule has 68 valence electrons. The van der Waals surface area contributed by atoms with E-state index >= 15 is 0 Å². The number of hydrogen-bond donors (Lipinski definition) is 2. The summed E-state index contributed by atoms with van der Waals surface area (Å²) in [5.74, 6) is 0.175. The first-order valence-corrected chi connectivity index (χ1v) is 4.36. The fourth-order valence-corrected chi connectivity index (χ4v) is 1.72. The maximum atomic E-state index is 11.4. The molecule has 3 heteroatoms. The molecule has 0 bridgehead atoms. The second kappa shape index (κ2) is 2.76. The second-order valence-electron chi connectivity index (χ2n) is 3.22. The molecule has 0 aliphatic carbocycles. The lowest BCUT2D eigenvalue weighted by Gasteiger charge is -2.03. The third kappa shape index (κ3) is 1.16. The number of phenolic OH excluding ortho intramolecular Hbond substituents is 1. The first-order chi connectivity index (χ1) is 6.22. The number of nitrogens with one attached hydrogen (secondary N) is 1. The molecule has 0 saturated heterocycles. The average molecular weight is 177 g/mol. The minimum atomic E-state index is -0.0457. The van der Waals surface area contributed by atoms with Crippen molar-refractivity contribution in [2.24, 2.45) is 0 Å². The van der Waals surface area contributed by atoms with Crippen LogP contribution in [-0.2, 0) is 4.79 Å². The molecule has 0 radical (unpaired) electrons. The molecule has 1 heterocycles. The number of rotatable bonds is 1. The number of anilines is 1. The monoisotopic (exact) mass is 177 g/mol. The first kappa shape index (κ1) is 8.10. The lowest BCUT2D eigenvalue weighted by Crippen LogP contribution is -2.10. The number of phenols is 1. The predicted octanol–water partition coefficient (Wildman–Crippen LogP) is 1.84. The average Bonchev–Trinajstić information content (AvgIpc) is 2.39. The van der Waals surface area contributed by atoms with Crippen LogP contribution in [0.25, 0.3) is 0 Å². The summed E-state index contributed by atoms with van der Waals surface area (Å²) in [5, 5.41) is 11.9. The molecule has 1 aliphatic rings. The Bertz CT molecular complexity index is 360. The number of carbonyl (C=O) groups is 1. The molecule has 0 unspecified atom stereocenters. The number of aromatic hydroxyl groups is 1. The van der Waals surface area contributed by atoms with Gasteiger partial charge in [0.2, 0.25) is 5.91 Å². The molecule has 0 saturated carbocycles. The molecule has 2 N–H and O–H groups in total. The molecule has 1 amide bonds. The smallest absolute Gasteiger partial charge is 0.231 e. The third-order valence-electron chi connectivity index (χ3n) is 2.39. The van der Waals surface area contributed by atoms with E-state index in [1.165, 1.54) is 0 Å². The molecule has 0 spiro atoms. The maximum absolute atomic E-state index is 11.4. The summed E-state index contributed by atoms with van der Waals surface area (Å²) >= 11 is 0. The zero-order valence-electron chi connectivity index (χ0n) is 7.37. The normalized spacial score (nSPS) is 19.8.